The normalized spacial score (nSPS) is 20.4. The van der Waals surface area contributed by atoms with E-state index in [1.807, 2.05) is 26.0 Å². The summed E-state index contributed by atoms with van der Waals surface area (Å²) < 4.78 is 0. The Labute approximate surface area is 119 Å². The van der Waals surface area contributed by atoms with Crippen LogP contribution >= 0.6 is 0 Å². The molecular formula is C15H23N3O2. The number of carbonyl (C=O) groups excluding carboxylic acids is 1. The van der Waals surface area contributed by atoms with Gasteiger partial charge in [0, 0.05) is 24.5 Å². The topological polar surface area (TPSA) is 78.6 Å². The SMILES string of the molecule is CC(C(=O)Nc1cccc(N)c1)N1CCC(C)(O)CC1. The fraction of sp³-hybridized carbons (Fsp3) is 0.533. The van der Waals surface area contributed by atoms with E-state index in [2.05, 4.69) is 10.2 Å². The number of aliphatic hydroxyl groups is 1. The van der Waals surface area contributed by atoms with Crippen molar-refractivity contribution in [3.05, 3.63) is 24.3 Å². The summed E-state index contributed by atoms with van der Waals surface area (Å²) in [5.41, 5.74) is 6.44. The van der Waals surface area contributed by atoms with Gasteiger partial charge in [0.05, 0.1) is 11.6 Å². The van der Waals surface area contributed by atoms with E-state index in [1.54, 1.807) is 12.1 Å². The molecule has 1 aliphatic heterocycles. The van der Waals surface area contributed by atoms with Crippen molar-refractivity contribution in [3.63, 3.8) is 0 Å². The van der Waals surface area contributed by atoms with Gasteiger partial charge in [-0.1, -0.05) is 6.07 Å². The molecule has 0 bridgehead atoms. The van der Waals surface area contributed by atoms with Crippen LogP contribution in [0.25, 0.3) is 0 Å². The predicted molar refractivity (Wildman–Crippen MR) is 80.4 cm³/mol. The molecule has 2 rings (SSSR count). The molecule has 1 aromatic rings. The second-order valence-electron chi connectivity index (χ2n) is 5.82. The summed E-state index contributed by atoms with van der Waals surface area (Å²) in [6, 6.07) is 6.94. The molecule has 1 fully saturated rings. The van der Waals surface area contributed by atoms with Crippen LogP contribution in [0.3, 0.4) is 0 Å². The molecule has 1 aliphatic rings. The number of amides is 1. The number of hydrogen-bond donors (Lipinski definition) is 3. The van der Waals surface area contributed by atoms with Gasteiger partial charge >= 0.3 is 0 Å². The molecule has 5 nitrogen and oxygen atoms in total. The lowest BCUT2D eigenvalue weighted by Gasteiger charge is -2.38. The van der Waals surface area contributed by atoms with Crippen molar-refractivity contribution in [1.82, 2.24) is 4.90 Å². The van der Waals surface area contributed by atoms with Crippen LogP contribution in [0.4, 0.5) is 11.4 Å². The first-order chi connectivity index (χ1) is 9.37. The molecule has 0 saturated carbocycles. The highest BCUT2D eigenvalue weighted by Crippen LogP contribution is 2.23. The largest absolute Gasteiger partial charge is 0.399 e. The molecule has 20 heavy (non-hydrogen) atoms. The number of rotatable bonds is 3. The van der Waals surface area contributed by atoms with Crippen LogP contribution in [0.5, 0.6) is 0 Å². The fourth-order valence-corrected chi connectivity index (χ4v) is 2.42. The van der Waals surface area contributed by atoms with E-state index < -0.39 is 5.60 Å². The van der Waals surface area contributed by atoms with Crippen molar-refractivity contribution in [2.45, 2.75) is 38.3 Å². The van der Waals surface area contributed by atoms with E-state index in [-0.39, 0.29) is 11.9 Å². The second-order valence-corrected chi connectivity index (χ2v) is 5.82. The fourth-order valence-electron chi connectivity index (χ4n) is 2.42. The summed E-state index contributed by atoms with van der Waals surface area (Å²) in [6.07, 6.45) is 1.39. The van der Waals surface area contributed by atoms with Gasteiger partial charge in [-0.3, -0.25) is 9.69 Å². The zero-order valence-corrected chi connectivity index (χ0v) is 12.1. The Kier molecular flexibility index (Phi) is 4.30. The number of nitrogens with one attached hydrogen (secondary N) is 1. The van der Waals surface area contributed by atoms with Crippen molar-refractivity contribution < 1.29 is 9.90 Å². The van der Waals surface area contributed by atoms with Gasteiger partial charge in [-0.25, -0.2) is 0 Å². The van der Waals surface area contributed by atoms with E-state index >= 15 is 0 Å². The average molecular weight is 277 g/mol. The first-order valence-electron chi connectivity index (χ1n) is 7.00. The number of nitrogens with zero attached hydrogens (tertiary/aromatic N) is 1. The molecule has 1 amide bonds. The van der Waals surface area contributed by atoms with Crippen molar-refractivity contribution in [1.29, 1.82) is 0 Å². The lowest BCUT2D eigenvalue weighted by Crippen LogP contribution is -2.49. The van der Waals surface area contributed by atoms with Crippen molar-refractivity contribution in [2.24, 2.45) is 0 Å². The van der Waals surface area contributed by atoms with Gasteiger partial charge in [0.1, 0.15) is 0 Å². The molecule has 0 radical (unpaired) electrons. The minimum absolute atomic E-state index is 0.0443. The number of carbonyl (C=O) groups is 1. The van der Waals surface area contributed by atoms with E-state index in [0.717, 1.165) is 13.1 Å². The predicted octanol–water partition coefficient (Wildman–Crippen LogP) is 1.44. The van der Waals surface area contributed by atoms with Crippen molar-refractivity contribution in [3.8, 4) is 0 Å². The van der Waals surface area contributed by atoms with Gasteiger partial charge in [0.2, 0.25) is 5.91 Å². The Morgan fingerprint density at radius 2 is 2.10 bits per heavy atom. The molecule has 110 valence electrons. The van der Waals surface area contributed by atoms with E-state index in [0.29, 0.717) is 24.2 Å². The molecule has 0 spiro atoms. The highest BCUT2D eigenvalue weighted by molar-refractivity contribution is 5.94. The molecule has 1 saturated heterocycles. The molecular weight excluding hydrogens is 254 g/mol. The highest BCUT2D eigenvalue weighted by atomic mass is 16.3. The maximum atomic E-state index is 12.2. The summed E-state index contributed by atoms with van der Waals surface area (Å²) in [6.45, 7) is 5.21. The van der Waals surface area contributed by atoms with Crippen LogP contribution in [-0.2, 0) is 4.79 Å². The first kappa shape index (κ1) is 14.8. The van der Waals surface area contributed by atoms with E-state index in [4.69, 9.17) is 5.73 Å². The summed E-state index contributed by atoms with van der Waals surface area (Å²) in [5, 5.41) is 12.8. The smallest absolute Gasteiger partial charge is 0.241 e. The van der Waals surface area contributed by atoms with Crippen LogP contribution in [-0.4, -0.2) is 40.6 Å². The van der Waals surface area contributed by atoms with Crippen LogP contribution in [0.1, 0.15) is 26.7 Å². The van der Waals surface area contributed by atoms with Crippen LogP contribution in [0.15, 0.2) is 24.3 Å². The minimum atomic E-state index is -0.597. The van der Waals surface area contributed by atoms with Crippen molar-refractivity contribution in [2.75, 3.05) is 24.1 Å². The average Bonchev–Trinajstić information content (AvgIpc) is 2.38. The summed E-state index contributed by atoms with van der Waals surface area (Å²) in [7, 11) is 0. The molecule has 0 aromatic heterocycles. The van der Waals surface area contributed by atoms with Gasteiger partial charge in [-0.05, 0) is 44.9 Å². The first-order valence-corrected chi connectivity index (χ1v) is 7.00. The zero-order chi connectivity index (χ0) is 14.8. The Hall–Kier alpha value is -1.59. The lowest BCUT2D eigenvalue weighted by atomic mass is 9.93. The minimum Gasteiger partial charge on any atom is -0.399 e. The maximum Gasteiger partial charge on any atom is 0.241 e. The van der Waals surface area contributed by atoms with E-state index in [9.17, 15) is 9.90 Å². The van der Waals surface area contributed by atoms with Gasteiger partial charge < -0.3 is 16.2 Å². The standard InChI is InChI=1S/C15H23N3O2/c1-11(18-8-6-15(2,20)7-9-18)14(19)17-13-5-3-4-12(16)10-13/h3-5,10-11,20H,6-9,16H2,1-2H3,(H,17,19). The van der Waals surface area contributed by atoms with Crippen LogP contribution in [0.2, 0.25) is 0 Å². The molecule has 0 aliphatic carbocycles. The third kappa shape index (κ3) is 3.71. The number of benzene rings is 1. The zero-order valence-electron chi connectivity index (χ0n) is 12.1. The highest BCUT2D eigenvalue weighted by Gasteiger charge is 2.31. The summed E-state index contributed by atoms with van der Waals surface area (Å²) >= 11 is 0. The summed E-state index contributed by atoms with van der Waals surface area (Å²) in [5.74, 6) is -0.0443. The molecule has 4 N–H and O–H groups in total. The van der Waals surface area contributed by atoms with Crippen LogP contribution < -0.4 is 11.1 Å². The monoisotopic (exact) mass is 277 g/mol. The summed E-state index contributed by atoms with van der Waals surface area (Å²) in [4.78, 5) is 14.3. The van der Waals surface area contributed by atoms with Crippen molar-refractivity contribution >= 4 is 17.3 Å². The Bertz CT molecular complexity index is 478. The van der Waals surface area contributed by atoms with Gasteiger partial charge in [-0.15, -0.1) is 0 Å². The number of nitrogens with two attached hydrogens (primary N) is 1. The molecule has 1 unspecified atom stereocenters. The van der Waals surface area contributed by atoms with E-state index in [1.165, 1.54) is 0 Å². The number of hydrogen-bond acceptors (Lipinski definition) is 4. The van der Waals surface area contributed by atoms with Gasteiger partial charge in [0.15, 0.2) is 0 Å². The molecule has 1 aromatic carbocycles. The number of nitrogen functional groups attached to an aromatic ring is 1. The van der Waals surface area contributed by atoms with Crippen LogP contribution in [0, 0.1) is 0 Å². The Morgan fingerprint density at radius 1 is 1.45 bits per heavy atom. The molecule has 5 heteroatoms. The van der Waals surface area contributed by atoms with Gasteiger partial charge in [0.25, 0.3) is 0 Å². The molecule has 1 atom stereocenters. The Balaban J connectivity index is 1.92. The number of likely N-dealkylation sites (tertiary alicyclic amines) is 1. The maximum absolute atomic E-state index is 12.2. The molecule has 1 heterocycles. The third-order valence-corrected chi connectivity index (χ3v) is 3.96. The second kappa shape index (κ2) is 5.81. The van der Waals surface area contributed by atoms with Gasteiger partial charge in [-0.2, -0.15) is 0 Å². The quantitative estimate of drug-likeness (QED) is 0.731. The lowest BCUT2D eigenvalue weighted by molar-refractivity contribution is -0.122. The Morgan fingerprint density at radius 3 is 2.70 bits per heavy atom. The number of anilines is 2. The third-order valence-electron chi connectivity index (χ3n) is 3.96. The number of piperidine rings is 1.